The molecule has 0 aliphatic rings. The highest BCUT2D eigenvalue weighted by Gasteiger charge is 2.12. The van der Waals surface area contributed by atoms with E-state index in [1.165, 1.54) is 11.8 Å². The van der Waals surface area contributed by atoms with E-state index in [0.717, 1.165) is 16.4 Å². The summed E-state index contributed by atoms with van der Waals surface area (Å²) < 4.78 is 7.23. The maximum atomic E-state index is 5.30. The van der Waals surface area contributed by atoms with Gasteiger partial charge in [0.1, 0.15) is 6.33 Å². The topological polar surface area (TPSA) is 69.6 Å². The number of hydrogen-bond acceptors (Lipinski definition) is 7. The van der Waals surface area contributed by atoms with Gasteiger partial charge in [0.05, 0.1) is 5.75 Å². The zero-order valence-electron chi connectivity index (χ0n) is 11.9. The first-order valence-electron chi connectivity index (χ1n) is 6.83. The van der Waals surface area contributed by atoms with Crippen molar-refractivity contribution in [3.63, 3.8) is 0 Å². The van der Waals surface area contributed by atoms with Gasteiger partial charge in [-0.2, -0.15) is 16.3 Å². The third-order valence-corrected chi connectivity index (χ3v) is 4.73. The van der Waals surface area contributed by atoms with E-state index in [0.29, 0.717) is 17.5 Å². The van der Waals surface area contributed by atoms with E-state index in [2.05, 4.69) is 20.3 Å². The van der Waals surface area contributed by atoms with Gasteiger partial charge < -0.3 is 4.52 Å². The summed E-state index contributed by atoms with van der Waals surface area (Å²) in [5.74, 6) is 1.73. The molecule has 23 heavy (non-hydrogen) atoms. The molecule has 1 aromatic carbocycles. The van der Waals surface area contributed by atoms with Gasteiger partial charge in [0.15, 0.2) is 5.16 Å². The Morgan fingerprint density at radius 1 is 1.17 bits per heavy atom. The minimum Gasteiger partial charge on any atom is -0.338 e. The molecule has 0 saturated heterocycles. The number of rotatable bonds is 5. The molecular weight excluding hydrogens is 330 g/mol. The second-order valence-electron chi connectivity index (χ2n) is 4.63. The molecule has 0 N–H and O–H groups in total. The Labute approximate surface area is 140 Å². The Hall–Kier alpha value is -2.45. The van der Waals surface area contributed by atoms with Crippen molar-refractivity contribution in [2.24, 2.45) is 0 Å². The van der Waals surface area contributed by atoms with Crippen molar-refractivity contribution in [1.29, 1.82) is 0 Å². The lowest BCUT2D eigenvalue weighted by Crippen LogP contribution is -1.94. The highest BCUT2D eigenvalue weighted by atomic mass is 32.2. The minimum absolute atomic E-state index is 0.544. The van der Waals surface area contributed by atoms with Gasteiger partial charge in [0, 0.05) is 16.6 Å². The second-order valence-corrected chi connectivity index (χ2v) is 6.35. The maximum Gasteiger partial charge on any atom is 0.237 e. The van der Waals surface area contributed by atoms with Crippen LogP contribution < -0.4 is 0 Å². The van der Waals surface area contributed by atoms with Crippen molar-refractivity contribution in [2.45, 2.75) is 10.9 Å². The molecule has 4 rings (SSSR count). The molecule has 0 radical (unpaired) electrons. The fraction of sp³-hybridized carbons (Fsp3) is 0.0667. The van der Waals surface area contributed by atoms with E-state index in [9.17, 15) is 0 Å². The predicted octanol–water partition coefficient (Wildman–Crippen LogP) is 3.67. The van der Waals surface area contributed by atoms with Crippen LogP contribution in [0.1, 0.15) is 5.89 Å². The fourth-order valence-electron chi connectivity index (χ4n) is 2.04. The van der Waals surface area contributed by atoms with E-state index in [-0.39, 0.29) is 0 Å². The lowest BCUT2D eigenvalue weighted by molar-refractivity contribution is 0.391. The van der Waals surface area contributed by atoms with Gasteiger partial charge in [-0.25, -0.2) is 0 Å². The average molecular weight is 341 g/mol. The van der Waals surface area contributed by atoms with Gasteiger partial charge in [-0.15, -0.1) is 10.2 Å². The smallest absolute Gasteiger partial charge is 0.237 e. The number of nitrogens with zero attached hydrogens (tertiary/aromatic N) is 5. The molecule has 4 aromatic rings. The molecule has 0 aliphatic carbocycles. The van der Waals surface area contributed by atoms with Gasteiger partial charge in [-0.1, -0.05) is 35.1 Å². The van der Waals surface area contributed by atoms with Gasteiger partial charge >= 0.3 is 0 Å². The highest BCUT2D eigenvalue weighted by molar-refractivity contribution is 7.98. The molecule has 0 atom stereocenters. The Bertz CT molecular complexity index is 886. The number of para-hydroxylation sites is 1. The maximum absolute atomic E-state index is 5.30. The fourth-order valence-corrected chi connectivity index (χ4v) is 3.44. The van der Waals surface area contributed by atoms with Crippen LogP contribution >= 0.6 is 23.1 Å². The van der Waals surface area contributed by atoms with Crippen LogP contribution in [0, 0.1) is 0 Å². The first-order chi connectivity index (χ1) is 11.4. The molecule has 0 fully saturated rings. The Kier molecular flexibility index (Phi) is 3.91. The molecular formula is C15H11N5OS2. The third-order valence-electron chi connectivity index (χ3n) is 3.12. The summed E-state index contributed by atoms with van der Waals surface area (Å²) in [4.78, 5) is 4.41. The molecule has 0 unspecified atom stereocenters. The van der Waals surface area contributed by atoms with Crippen LogP contribution in [0.5, 0.6) is 0 Å². The summed E-state index contributed by atoms with van der Waals surface area (Å²) in [7, 11) is 0. The summed E-state index contributed by atoms with van der Waals surface area (Å²) in [6, 6.07) is 11.9. The van der Waals surface area contributed by atoms with Crippen molar-refractivity contribution in [1.82, 2.24) is 24.9 Å². The molecule has 0 amide bonds. The Balaban J connectivity index is 1.49. The quantitative estimate of drug-likeness (QED) is 0.516. The summed E-state index contributed by atoms with van der Waals surface area (Å²) in [6.45, 7) is 0. The van der Waals surface area contributed by atoms with Crippen molar-refractivity contribution in [3.8, 4) is 17.1 Å². The molecule has 0 bridgehead atoms. The van der Waals surface area contributed by atoms with Crippen molar-refractivity contribution >= 4 is 23.1 Å². The molecule has 0 aliphatic heterocycles. The van der Waals surface area contributed by atoms with Crippen molar-refractivity contribution < 1.29 is 4.52 Å². The number of thiophene rings is 1. The number of benzene rings is 1. The SMILES string of the molecule is c1ccc(-n2cnnc2SCc2nc(-c3ccsc3)no2)cc1. The first-order valence-corrected chi connectivity index (χ1v) is 8.76. The van der Waals surface area contributed by atoms with Crippen LogP contribution in [0.2, 0.25) is 0 Å². The van der Waals surface area contributed by atoms with E-state index in [4.69, 9.17) is 4.52 Å². The number of thioether (sulfide) groups is 1. The van der Waals surface area contributed by atoms with Crippen molar-refractivity contribution in [3.05, 3.63) is 59.4 Å². The van der Waals surface area contributed by atoms with E-state index in [1.54, 1.807) is 17.7 Å². The lowest BCUT2D eigenvalue weighted by atomic mass is 10.3. The monoisotopic (exact) mass is 341 g/mol. The van der Waals surface area contributed by atoms with Crippen LogP contribution in [-0.4, -0.2) is 24.9 Å². The van der Waals surface area contributed by atoms with Gasteiger partial charge in [0.25, 0.3) is 0 Å². The van der Waals surface area contributed by atoms with Crippen LogP contribution in [0.25, 0.3) is 17.1 Å². The van der Waals surface area contributed by atoms with Crippen LogP contribution in [0.15, 0.2) is 63.2 Å². The number of hydrogen-bond donors (Lipinski definition) is 0. The third kappa shape index (κ3) is 3.03. The summed E-state index contributed by atoms with van der Waals surface area (Å²) in [5, 5.41) is 16.9. The molecule has 3 heterocycles. The normalized spacial score (nSPS) is 11.0. The standard InChI is InChI=1S/C15H11N5OS2/c1-2-4-12(5-3-1)20-10-16-18-15(20)23-9-13-17-14(19-21-13)11-6-7-22-8-11/h1-8,10H,9H2. The van der Waals surface area contributed by atoms with Crippen LogP contribution in [0.3, 0.4) is 0 Å². The molecule has 0 spiro atoms. The van der Waals surface area contributed by atoms with Gasteiger partial charge in [-0.05, 0) is 23.6 Å². The van der Waals surface area contributed by atoms with Crippen LogP contribution in [-0.2, 0) is 5.75 Å². The van der Waals surface area contributed by atoms with E-state index < -0.39 is 0 Å². The Morgan fingerprint density at radius 3 is 2.91 bits per heavy atom. The predicted molar refractivity (Wildman–Crippen MR) is 88.5 cm³/mol. The summed E-state index contributed by atoms with van der Waals surface area (Å²) in [5.41, 5.74) is 1.99. The minimum atomic E-state index is 0.544. The van der Waals surface area contributed by atoms with E-state index >= 15 is 0 Å². The molecule has 6 nitrogen and oxygen atoms in total. The van der Waals surface area contributed by atoms with E-state index in [1.807, 2.05) is 51.7 Å². The summed E-state index contributed by atoms with van der Waals surface area (Å²) in [6.07, 6.45) is 1.70. The molecule has 114 valence electrons. The highest BCUT2D eigenvalue weighted by Crippen LogP contribution is 2.24. The Morgan fingerprint density at radius 2 is 2.09 bits per heavy atom. The summed E-state index contributed by atoms with van der Waals surface area (Å²) >= 11 is 3.11. The zero-order valence-corrected chi connectivity index (χ0v) is 13.5. The molecule has 8 heteroatoms. The molecule has 3 aromatic heterocycles. The lowest BCUT2D eigenvalue weighted by Gasteiger charge is -2.04. The molecule has 0 saturated carbocycles. The van der Waals surface area contributed by atoms with Crippen LogP contribution in [0.4, 0.5) is 0 Å². The van der Waals surface area contributed by atoms with Gasteiger partial charge in [0.2, 0.25) is 11.7 Å². The number of aromatic nitrogens is 5. The largest absolute Gasteiger partial charge is 0.338 e. The average Bonchev–Trinajstić information content (AvgIpc) is 3.33. The first kappa shape index (κ1) is 14.2. The van der Waals surface area contributed by atoms with Gasteiger partial charge in [-0.3, -0.25) is 4.57 Å². The zero-order chi connectivity index (χ0) is 15.5. The second kappa shape index (κ2) is 6.35. The van der Waals surface area contributed by atoms with Crippen molar-refractivity contribution in [2.75, 3.05) is 0 Å².